The first-order valence-corrected chi connectivity index (χ1v) is 10.9. The number of pyridine rings is 2. The van der Waals surface area contributed by atoms with Crippen molar-refractivity contribution >= 4 is 18.8 Å². The molecule has 2 bridgehead atoms. The highest BCUT2D eigenvalue weighted by Gasteiger charge is 2.44. The Kier molecular flexibility index (Phi) is 5.98. The van der Waals surface area contributed by atoms with Crippen molar-refractivity contribution in [3.05, 3.63) is 42.2 Å². The fourth-order valence-corrected chi connectivity index (χ4v) is 3.98. The summed E-state index contributed by atoms with van der Waals surface area (Å²) in [5.41, 5.74) is 0.468. The molecule has 2 atom stereocenters. The number of ether oxygens (including phenoxy) is 1. The second-order valence-corrected chi connectivity index (χ2v) is 9.58. The van der Waals surface area contributed by atoms with Gasteiger partial charge in [0.2, 0.25) is 5.88 Å². The molecule has 8 heteroatoms. The van der Waals surface area contributed by atoms with Crippen LogP contribution in [-0.4, -0.2) is 70.9 Å². The second kappa shape index (κ2) is 8.41. The van der Waals surface area contributed by atoms with Gasteiger partial charge in [-0.05, 0) is 51.2 Å². The fraction of sp³-hybridized carbons (Fsp3) is 0.565. The molecule has 2 unspecified atom stereocenters. The third-order valence-electron chi connectivity index (χ3n) is 6.77. The Morgan fingerprint density at radius 1 is 1.06 bits per heavy atom. The lowest BCUT2D eigenvalue weighted by molar-refractivity contribution is -0.0893. The molecule has 5 heterocycles. The van der Waals surface area contributed by atoms with Crippen LogP contribution < -0.4 is 15.1 Å². The molecule has 0 aromatic carbocycles. The first-order valence-electron chi connectivity index (χ1n) is 10.9. The van der Waals surface area contributed by atoms with Gasteiger partial charge in [-0.1, -0.05) is 12.1 Å². The summed E-state index contributed by atoms with van der Waals surface area (Å²) in [6, 6.07) is 9.18. The number of hydrogen-bond acceptors (Lipinski definition) is 7. The smallest absolute Gasteiger partial charge is 0.332 e. The summed E-state index contributed by atoms with van der Waals surface area (Å²) in [6.45, 7) is 10.1. The number of nitrogens with zero attached hydrogens (tertiary/aromatic N) is 4. The monoisotopic (exact) mass is 423 g/mol. The molecule has 0 aliphatic carbocycles. The van der Waals surface area contributed by atoms with Gasteiger partial charge >= 0.3 is 7.48 Å². The zero-order chi connectivity index (χ0) is 22.2. The predicted octanol–water partition coefficient (Wildman–Crippen LogP) is 1.76. The van der Waals surface area contributed by atoms with Crippen LogP contribution in [0.2, 0.25) is 0 Å². The van der Waals surface area contributed by atoms with Gasteiger partial charge in [0, 0.05) is 50.2 Å². The minimum Gasteiger partial charge on any atom is -0.481 e. The largest absolute Gasteiger partial charge is 0.481 e. The van der Waals surface area contributed by atoms with E-state index in [2.05, 4.69) is 31.9 Å². The van der Waals surface area contributed by atoms with Gasteiger partial charge in [-0.2, -0.15) is 0 Å². The number of anilines is 1. The lowest BCUT2D eigenvalue weighted by Gasteiger charge is -2.56. The van der Waals surface area contributed by atoms with Gasteiger partial charge in [0.25, 0.3) is 0 Å². The Hall–Kier alpha value is -2.16. The maximum atomic E-state index is 10.2. The zero-order valence-electron chi connectivity index (χ0n) is 19.1. The average Bonchev–Trinajstić information content (AvgIpc) is 2.76. The van der Waals surface area contributed by atoms with Crippen LogP contribution >= 0.6 is 0 Å². The van der Waals surface area contributed by atoms with Crippen molar-refractivity contribution in [3.8, 4) is 5.88 Å². The van der Waals surface area contributed by atoms with Gasteiger partial charge in [-0.15, -0.1) is 0 Å². The lowest BCUT2D eigenvalue weighted by Crippen LogP contribution is -2.68. The molecule has 31 heavy (non-hydrogen) atoms. The third-order valence-corrected chi connectivity index (χ3v) is 6.77. The molecule has 0 saturated carbocycles. The van der Waals surface area contributed by atoms with Gasteiger partial charge < -0.3 is 19.4 Å². The van der Waals surface area contributed by atoms with Crippen molar-refractivity contribution in [1.29, 1.82) is 0 Å². The van der Waals surface area contributed by atoms with Crippen LogP contribution in [0, 0.1) is 0 Å². The summed E-state index contributed by atoms with van der Waals surface area (Å²) in [7, 11) is 3.31. The minimum absolute atomic E-state index is 0.546. The van der Waals surface area contributed by atoms with Crippen molar-refractivity contribution < 1.29 is 14.5 Å². The highest BCUT2D eigenvalue weighted by Crippen LogP contribution is 2.35. The van der Waals surface area contributed by atoms with Crippen LogP contribution in [0.4, 0.5) is 5.82 Å². The summed E-state index contributed by atoms with van der Waals surface area (Å²) in [5, 5.41) is 10.2. The van der Waals surface area contributed by atoms with Crippen molar-refractivity contribution in [2.75, 3.05) is 25.1 Å². The van der Waals surface area contributed by atoms with E-state index in [1.54, 1.807) is 28.4 Å². The van der Waals surface area contributed by atoms with Gasteiger partial charge in [-0.25, -0.2) is 9.97 Å². The number of piperazine rings is 1. The van der Waals surface area contributed by atoms with Gasteiger partial charge in [-0.3, -0.25) is 4.90 Å². The standard InChI is InChI=1S/C23H32BN4O3/c1-22(2,29)23(3,4)31-24-17-7-8-20(25-12-17)27-14-18-10-19(15-27)28(18)13-16-6-9-21(30-5)26-11-16/h6-9,11-12,18-19,29H,10,13-15H2,1-5H3. The zero-order valence-corrected chi connectivity index (χ0v) is 19.1. The Morgan fingerprint density at radius 3 is 2.35 bits per heavy atom. The number of piperidine rings is 1. The molecule has 1 N–H and O–H groups in total. The molecule has 7 nitrogen and oxygen atoms in total. The molecular formula is C23H32BN4O3. The number of rotatable bonds is 8. The molecule has 5 rings (SSSR count). The van der Waals surface area contributed by atoms with Crippen LogP contribution in [0.25, 0.3) is 0 Å². The van der Waals surface area contributed by atoms with Crippen molar-refractivity contribution in [2.45, 2.75) is 63.9 Å². The highest BCUT2D eigenvalue weighted by molar-refractivity contribution is 6.46. The molecule has 3 saturated heterocycles. The van der Waals surface area contributed by atoms with E-state index in [-0.39, 0.29) is 0 Å². The van der Waals surface area contributed by atoms with Crippen molar-refractivity contribution in [3.63, 3.8) is 0 Å². The molecule has 0 spiro atoms. The topological polar surface area (TPSA) is 71.0 Å². The van der Waals surface area contributed by atoms with E-state index in [0.717, 1.165) is 30.9 Å². The maximum absolute atomic E-state index is 10.2. The van der Waals surface area contributed by atoms with Crippen LogP contribution in [0.5, 0.6) is 5.88 Å². The van der Waals surface area contributed by atoms with Gasteiger partial charge in [0.1, 0.15) is 5.82 Å². The Balaban J connectivity index is 1.31. The second-order valence-electron chi connectivity index (χ2n) is 9.58. The molecular weight excluding hydrogens is 391 g/mol. The first kappa shape index (κ1) is 22.1. The molecule has 2 aromatic heterocycles. The Labute approximate surface area is 185 Å². The van der Waals surface area contributed by atoms with E-state index in [0.29, 0.717) is 18.0 Å². The molecule has 2 aromatic rings. The van der Waals surface area contributed by atoms with E-state index >= 15 is 0 Å². The van der Waals surface area contributed by atoms with Gasteiger partial charge in [0.15, 0.2) is 0 Å². The van der Waals surface area contributed by atoms with Gasteiger partial charge in [0.05, 0.1) is 18.3 Å². The van der Waals surface area contributed by atoms with Crippen LogP contribution in [-0.2, 0) is 11.2 Å². The normalized spacial score (nSPS) is 21.5. The first-order chi connectivity index (χ1) is 14.7. The number of aliphatic hydroxyl groups is 1. The molecule has 0 amide bonds. The average molecular weight is 423 g/mol. The van der Waals surface area contributed by atoms with E-state index in [1.165, 1.54) is 12.0 Å². The maximum Gasteiger partial charge on any atom is 0.332 e. The van der Waals surface area contributed by atoms with Crippen LogP contribution in [0.15, 0.2) is 36.7 Å². The number of fused-ring (bicyclic) bond motifs is 2. The molecule has 3 fully saturated rings. The predicted molar refractivity (Wildman–Crippen MR) is 122 cm³/mol. The number of methoxy groups -OCH3 is 1. The quantitative estimate of drug-likeness (QED) is 0.649. The molecule has 165 valence electrons. The summed E-state index contributed by atoms with van der Waals surface area (Å²) in [4.78, 5) is 13.9. The van der Waals surface area contributed by atoms with E-state index in [9.17, 15) is 5.11 Å². The summed E-state index contributed by atoms with van der Waals surface area (Å²) >= 11 is 0. The van der Waals surface area contributed by atoms with E-state index < -0.39 is 11.2 Å². The van der Waals surface area contributed by atoms with Crippen molar-refractivity contribution in [2.24, 2.45) is 0 Å². The fourth-order valence-electron chi connectivity index (χ4n) is 3.98. The minimum atomic E-state index is -0.945. The number of hydrogen-bond donors (Lipinski definition) is 1. The summed E-state index contributed by atoms with van der Waals surface area (Å²) < 4.78 is 11.0. The molecule has 1 radical (unpaired) electrons. The summed E-state index contributed by atoms with van der Waals surface area (Å²) in [5.74, 6) is 1.65. The van der Waals surface area contributed by atoms with Crippen LogP contribution in [0.1, 0.15) is 39.7 Å². The molecule has 3 aliphatic rings. The van der Waals surface area contributed by atoms with Crippen molar-refractivity contribution in [1.82, 2.24) is 14.9 Å². The van der Waals surface area contributed by atoms with E-state index in [4.69, 9.17) is 9.39 Å². The summed E-state index contributed by atoms with van der Waals surface area (Å²) in [6.07, 6.45) is 4.98. The Bertz CT molecular complexity index is 871. The SMILES string of the molecule is COc1ccc(CN2C3CC2CN(c2ccc([B]OC(C)(C)C(C)(C)O)cn2)C3)cn1. The highest BCUT2D eigenvalue weighted by atomic mass is 16.5. The number of aromatic nitrogens is 2. The Morgan fingerprint density at radius 2 is 1.81 bits per heavy atom. The lowest BCUT2D eigenvalue weighted by atomic mass is 9.83. The van der Waals surface area contributed by atoms with Crippen LogP contribution in [0.3, 0.4) is 0 Å². The molecule has 3 aliphatic heterocycles. The third kappa shape index (κ3) is 4.71. The van der Waals surface area contributed by atoms with E-state index in [1.807, 2.05) is 38.4 Å².